The van der Waals surface area contributed by atoms with Crippen molar-refractivity contribution in [3.8, 4) is 0 Å². The highest BCUT2D eigenvalue weighted by Crippen LogP contribution is 2.23. The molecule has 0 fully saturated rings. The highest BCUT2D eigenvalue weighted by Gasteiger charge is 2.17. The van der Waals surface area contributed by atoms with E-state index < -0.39 is 47.3 Å². The van der Waals surface area contributed by atoms with E-state index in [9.17, 15) is 27.2 Å². The van der Waals surface area contributed by atoms with Gasteiger partial charge in [0.15, 0.2) is 17.5 Å². The SMILES string of the molecule is Cc1[nH]c2ccc(F)cc2c1CC(=O)NCC(=O)Nc1ccc(F)c(F)c1F. The maximum atomic E-state index is 13.5. The third-order valence-corrected chi connectivity index (χ3v) is 4.17. The van der Waals surface area contributed by atoms with E-state index in [-0.39, 0.29) is 6.42 Å². The quantitative estimate of drug-likeness (QED) is 0.460. The summed E-state index contributed by atoms with van der Waals surface area (Å²) in [6, 6.07) is 5.70. The van der Waals surface area contributed by atoms with Gasteiger partial charge in [0, 0.05) is 16.6 Å². The van der Waals surface area contributed by atoms with Crippen LogP contribution in [0.15, 0.2) is 30.3 Å². The van der Waals surface area contributed by atoms with Crippen LogP contribution in [0.25, 0.3) is 10.9 Å². The average Bonchev–Trinajstić information content (AvgIpc) is 2.95. The molecular formula is C19H15F4N3O2. The van der Waals surface area contributed by atoms with Gasteiger partial charge in [0.2, 0.25) is 11.8 Å². The summed E-state index contributed by atoms with van der Waals surface area (Å²) in [5.74, 6) is -6.40. The van der Waals surface area contributed by atoms with Crippen LogP contribution in [0.1, 0.15) is 11.3 Å². The zero-order chi connectivity index (χ0) is 20.4. The smallest absolute Gasteiger partial charge is 0.243 e. The molecule has 28 heavy (non-hydrogen) atoms. The lowest BCUT2D eigenvalue weighted by Crippen LogP contribution is -2.34. The summed E-state index contributed by atoms with van der Waals surface area (Å²) >= 11 is 0. The first-order valence-electron chi connectivity index (χ1n) is 8.23. The molecule has 1 aromatic heterocycles. The number of hydrogen-bond donors (Lipinski definition) is 3. The van der Waals surface area contributed by atoms with E-state index in [4.69, 9.17) is 0 Å². The Hall–Kier alpha value is -3.36. The number of aromatic amines is 1. The molecular weight excluding hydrogens is 378 g/mol. The predicted molar refractivity (Wildman–Crippen MR) is 94.7 cm³/mol. The number of halogens is 4. The maximum Gasteiger partial charge on any atom is 0.243 e. The second kappa shape index (κ2) is 7.71. The molecule has 146 valence electrons. The summed E-state index contributed by atoms with van der Waals surface area (Å²) in [4.78, 5) is 27.0. The van der Waals surface area contributed by atoms with Gasteiger partial charge in [-0.1, -0.05) is 0 Å². The highest BCUT2D eigenvalue weighted by molar-refractivity contribution is 5.96. The topological polar surface area (TPSA) is 74.0 Å². The lowest BCUT2D eigenvalue weighted by Gasteiger charge is -2.09. The van der Waals surface area contributed by atoms with Crippen molar-refractivity contribution in [1.29, 1.82) is 0 Å². The first-order chi connectivity index (χ1) is 13.3. The lowest BCUT2D eigenvalue weighted by atomic mass is 10.1. The molecule has 0 saturated carbocycles. The number of aromatic nitrogens is 1. The lowest BCUT2D eigenvalue weighted by molar-refractivity contribution is -0.123. The zero-order valence-electron chi connectivity index (χ0n) is 14.6. The minimum atomic E-state index is -1.70. The second-order valence-corrected chi connectivity index (χ2v) is 6.14. The molecule has 5 nitrogen and oxygen atoms in total. The van der Waals surface area contributed by atoms with Crippen LogP contribution >= 0.6 is 0 Å². The van der Waals surface area contributed by atoms with Gasteiger partial charge in [-0.05, 0) is 42.8 Å². The first kappa shape index (κ1) is 19.4. The van der Waals surface area contributed by atoms with Gasteiger partial charge in [-0.25, -0.2) is 17.6 Å². The number of hydrogen-bond acceptors (Lipinski definition) is 2. The summed E-state index contributed by atoms with van der Waals surface area (Å²) < 4.78 is 53.1. The molecule has 0 saturated heterocycles. The average molecular weight is 393 g/mol. The molecule has 0 radical (unpaired) electrons. The van der Waals surface area contributed by atoms with Gasteiger partial charge in [-0.3, -0.25) is 9.59 Å². The number of rotatable bonds is 5. The van der Waals surface area contributed by atoms with Crippen molar-refractivity contribution in [2.45, 2.75) is 13.3 Å². The van der Waals surface area contributed by atoms with Crippen LogP contribution < -0.4 is 10.6 Å². The summed E-state index contributed by atoms with van der Waals surface area (Å²) in [7, 11) is 0. The van der Waals surface area contributed by atoms with Crippen molar-refractivity contribution in [1.82, 2.24) is 10.3 Å². The molecule has 0 aliphatic heterocycles. The predicted octanol–water partition coefficient (Wildman–Crippen LogP) is 3.33. The van der Waals surface area contributed by atoms with Gasteiger partial charge < -0.3 is 15.6 Å². The Morgan fingerprint density at radius 1 is 1.00 bits per heavy atom. The Balaban J connectivity index is 1.62. The van der Waals surface area contributed by atoms with Crippen LogP contribution in [0, 0.1) is 30.2 Å². The summed E-state index contributed by atoms with van der Waals surface area (Å²) in [6.45, 7) is 1.23. The maximum absolute atomic E-state index is 13.5. The van der Waals surface area contributed by atoms with Crippen LogP contribution in [0.2, 0.25) is 0 Å². The Morgan fingerprint density at radius 3 is 2.50 bits per heavy atom. The molecule has 0 bridgehead atoms. The number of anilines is 1. The fraction of sp³-hybridized carbons (Fsp3) is 0.158. The molecule has 0 atom stereocenters. The van der Waals surface area contributed by atoms with E-state index in [1.165, 1.54) is 12.1 Å². The number of carbonyl (C=O) groups is 2. The third kappa shape index (κ3) is 3.98. The molecule has 0 spiro atoms. The summed E-state index contributed by atoms with van der Waals surface area (Å²) in [5.41, 5.74) is 1.40. The minimum Gasteiger partial charge on any atom is -0.358 e. The van der Waals surface area contributed by atoms with Crippen molar-refractivity contribution >= 4 is 28.4 Å². The van der Waals surface area contributed by atoms with Crippen molar-refractivity contribution in [2.75, 3.05) is 11.9 Å². The molecule has 0 aliphatic rings. The highest BCUT2D eigenvalue weighted by atomic mass is 19.2. The number of carbonyl (C=O) groups excluding carboxylic acids is 2. The molecule has 3 N–H and O–H groups in total. The number of fused-ring (bicyclic) bond motifs is 1. The number of benzene rings is 2. The third-order valence-electron chi connectivity index (χ3n) is 4.17. The van der Waals surface area contributed by atoms with Crippen molar-refractivity contribution < 1.29 is 27.2 Å². The van der Waals surface area contributed by atoms with Crippen LogP contribution in [-0.2, 0) is 16.0 Å². The Kier molecular flexibility index (Phi) is 5.34. The standard InChI is InChI=1S/C19H15F4N3O2/c1-9-11(12-6-10(20)2-4-14(12)25-9)7-16(27)24-8-17(28)26-15-5-3-13(21)18(22)19(15)23/h2-6,25H,7-8H2,1H3,(H,24,27)(H,26,28). The fourth-order valence-corrected chi connectivity index (χ4v) is 2.80. The second-order valence-electron chi connectivity index (χ2n) is 6.14. The molecule has 9 heteroatoms. The first-order valence-corrected chi connectivity index (χ1v) is 8.23. The number of H-pyrrole nitrogens is 1. The molecule has 0 aliphatic carbocycles. The Bertz CT molecular complexity index is 1080. The van der Waals surface area contributed by atoms with E-state index >= 15 is 0 Å². The van der Waals surface area contributed by atoms with Crippen molar-refractivity contribution in [3.63, 3.8) is 0 Å². The van der Waals surface area contributed by atoms with Crippen LogP contribution in [0.5, 0.6) is 0 Å². The Labute approximate surface area is 156 Å². The number of aryl methyl sites for hydroxylation is 1. The van der Waals surface area contributed by atoms with Crippen molar-refractivity contribution in [2.24, 2.45) is 0 Å². The van der Waals surface area contributed by atoms with E-state index in [0.29, 0.717) is 28.2 Å². The van der Waals surface area contributed by atoms with Crippen LogP contribution in [0.4, 0.5) is 23.2 Å². The Morgan fingerprint density at radius 2 is 1.75 bits per heavy atom. The van der Waals surface area contributed by atoms with Gasteiger partial charge in [-0.15, -0.1) is 0 Å². The fourth-order valence-electron chi connectivity index (χ4n) is 2.80. The number of nitrogens with one attached hydrogen (secondary N) is 3. The largest absolute Gasteiger partial charge is 0.358 e. The van der Waals surface area contributed by atoms with E-state index in [2.05, 4.69) is 10.3 Å². The number of amides is 2. The van der Waals surface area contributed by atoms with Crippen molar-refractivity contribution in [3.05, 3.63) is 64.9 Å². The van der Waals surface area contributed by atoms with E-state index in [1.54, 1.807) is 13.0 Å². The van der Waals surface area contributed by atoms with Gasteiger partial charge in [0.05, 0.1) is 18.7 Å². The molecule has 0 unspecified atom stereocenters. The van der Waals surface area contributed by atoms with Gasteiger partial charge in [0.1, 0.15) is 5.82 Å². The molecule has 3 aromatic rings. The monoisotopic (exact) mass is 393 g/mol. The van der Waals surface area contributed by atoms with E-state index in [1.807, 2.05) is 5.32 Å². The van der Waals surface area contributed by atoms with E-state index in [0.717, 1.165) is 6.07 Å². The molecule has 1 heterocycles. The van der Waals surface area contributed by atoms with Gasteiger partial charge >= 0.3 is 0 Å². The molecule has 2 amide bonds. The van der Waals surface area contributed by atoms with Gasteiger partial charge in [-0.2, -0.15) is 0 Å². The minimum absolute atomic E-state index is 0.109. The molecule has 2 aromatic carbocycles. The normalized spacial score (nSPS) is 10.9. The van der Waals surface area contributed by atoms with Gasteiger partial charge in [0.25, 0.3) is 0 Å². The summed E-state index contributed by atoms with van der Waals surface area (Å²) in [6.07, 6.45) is -0.109. The zero-order valence-corrected chi connectivity index (χ0v) is 14.6. The van der Waals surface area contributed by atoms with Crippen LogP contribution in [-0.4, -0.2) is 23.3 Å². The molecule has 3 rings (SSSR count). The summed E-state index contributed by atoms with van der Waals surface area (Å²) in [5, 5.41) is 4.95. The van der Waals surface area contributed by atoms with Crippen LogP contribution in [0.3, 0.4) is 0 Å².